The summed E-state index contributed by atoms with van der Waals surface area (Å²) in [7, 11) is 0. The second kappa shape index (κ2) is 7.46. The lowest BCUT2D eigenvalue weighted by atomic mass is 9.97. The summed E-state index contributed by atoms with van der Waals surface area (Å²) in [5.74, 6) is 0.673. The molecule has 1 fully saturated rings. The molecule has 0 bridgehead atoms. The molecule has 1 N–H and O–H groups in total. The van der Waals surface area contributed by atoms with Crippen LogP contribution in [0, 0.1) is 5.92 Å². The SMILES string of the molecule is CCC1COC(C)CN1C(C)C(C)CNC(C)C. The van der Waals surface area contributed by atoms with Gasteiger partial charge in [0.1, 0.15) is 0 Å². The maximum Gasteiger partial charge on any atom is 0.0674 e. The largest absolute Gasteiger partial charge is 0.376 e. The molecule has 1 aliphatic heterocycles. The number of morpholine rings is 1. The monoisotopic (exact) mass is 256 g/mol. The molecule has 1 saturated heterocycles. The molecule has 1 heterocycles. The molecular formula is C15H32N2O. The number of nitrogens with one attached hydrogen (secondary N) is 1. The first-order valence-electron chi connectivity index (χ1n) is 7.56. The van der Waals surface area contributed by atoms with E-state index in [1.807, 2.05) is 0 Å². The van der Waals surface area contributed by atoms with Crippen LogP contribution in [0.25, 0.3) is 0 Å². The Morgan fingerprint density at radius 3 is 2.50 bits per heavy atom. The van der Waals surface area contributed by atoms with E-state index in [4.69, 9.17) is 4.74 Å². The average molecular weight is 256 g/mol. The summed E-state index contributed by atoms with van der Waals surface area (Å²) in [6, 6.07) is 1.79. The first kappa shape index (κ1) is 15.9. The Morgan fingerprint density at radius 2 is 1.94 bits per heavy atom. The van der Waals surface area contributed by atoms with Gasteiger partial charge in [-0.1, -0.05) is 27.7 Å². The van der Waals surface area contributed by atoms with E-state index in [0.29, 0.717) is 30.1 Å². The van der Waals surface area contributed by atoms with Crippen LogP contribution in [-0.2, 0) is 4.74 Å². The van der Waals surface area contributed by atoms with Crippen LogP contribution < -0.4 is 5.32 Å². The van der Waals surface area contributed by atoms with Gasteiger partial charge >= 0.3 is 0 Å². The second-order valence-corrected chi connectivity index (χ2v) is 6.18. The van der Waals surface area contributed by atoms with Gasteiger partial charge < -0.3 is 10.1 Å². The highest BCUT2D eigenvalue weighted by Gasteiger charge is 2.31. The van der Waals surface area contributed by atoms with Crippen molar-refractivity contribution < 1.29 is 4.74 Å². The minimum absolute atomic E-state index is 0.375. The molecule has 3 heteroatoms. The fourth-order valence-corrected chi connectivity index (χ4v) is 2.64. The zero-order chi connectivity index (χ0) is 13.7. The van der Waals surface area contributed by atoms with Gasteiger partial charge in [-0.3, -0.25) is 4.90 Å². The minimum Gasteiger partial charge on any atom is -0.376 e. The Kier molecular flexibility index (Phi) is 6.61. The van der Waals surface area contributed by atoms with E-state index in [9.17, 15) is 0 Å². The van der Waals surface area contributed by atoms with Crippen LogP contribution >= 0.6 is 0 Å². The number of hydrogen-bond acceptors (Lipinski definition) is 3. The van der Waals surface area contributed by atoms with Crippen molar-refractivity contribution in [3.8, 4) is 0 Å². The molecule has 0 amide bonds. The Balaban J connectivity index is 2.53. The smallest absolute Gasteiger partial charge is 0.0674 e. The molecule has 0 aliphatic carbocycles. The van der Waals surface area contributed by atoms with Gasteiger partial charge in [0.15, 0.2) is 0 Å². The molecule has 4 atom stereocenters. The predicted molar refractivity (Wildman–Crippen MR) is 78.0 cm³/mol. The molecule has 0 radical (unpaired) electrons. The van der Waals surface area contributed by atoms with E-state index in [2.05, 4.69) is 51.8 Å². The quantitative estimate of drug-likeness (QED) is 0.790. The molecule has 108 valence electrons. The van der Waals surface area contributed by atoms with Crippen molar-refractivity contribution in [1.82, 2.24) is 10.2 Å². The molecule has 18 heavy (non-hydrogen) atoms. The van der Waals surface area contributed by atoms with Crippen LogP contribution in [0.4, 0.5) is 0 Å². The summed E-state index contributed by atoms with van der Waals surface area (Å²) in [5, 5.41) is 3.55. The Hall–Kier alpha value is -0.120. The third kappa shape index (κ3) is 4.52. The number of nitrogens with zero attached hydrogens (tertiary/aromatic N) is 1. The van der Waals surface area contributed by atoms with Gasteiger partial charge in [0.05, 0.1) is 12.7 Å². The maximum atomic E-state index is 5.78. The van der Waals surface area contributed by atoms with Gasteiger partial charge in [0.2, 0.25) is 0 Å². The highest BCUT2D eigenvalue weighted by atomic mass is 16.5. The summed E-state index contributed by atoms with van der Waals surface area (Å²) in [6.45, 7) is 16.7. The first-order valence-corrected chi connectivity index (χ1v) is 7.56. The summed E-state index contributed by atoms with van der Waals surface area (Å²) >= 11 is 0. The minimum atomic E-state index is 0.375. The lowest BCUT2D eigenvalue weighted by Crippen LogP contribution is -2.55. The second-order valence-electron chi connectivity index (χ2n) is 6.18. The van der Waals surface area contributed by atoms with Crippen molar-refractivity contribution in [3.05, 3.63) is 0 Å². The van der Waals surface area contributed by atoms with Gasteiger partial charge in [-0.2, -0.15) is 0 Å². The standard InChI is InChI=1S/C15H32N2O/c1-7-15-10-18-13(5)9-17(15)14(6)12(4)8-16-11(2)3/h11-16H,7-10H2,1-6H3. The molecule has 0 spiro atoms. The Morgan fingerprint density at radius 1 is 1.28 bits per heavy atom. The van der Waals surface area contributed by atoms with E-state index < -0.39 is 0 Å². The van der Waals surface area contributed by atoms with E-state index >= 15 is 0 Å². The molecule has 4 unspecified atom stereocenters. The topological polar surface area (TPSA) is 24.5 Å². The Bertz CT molecular complexity index is 233. The summed E-state index contributed by atoms with van der Waals surface area (Å²) < 4.78 is 5.78. The third-order valence-corrected chi connectivity index (χ3v) is 4.18. The lowest BCUT2D eigenvalue weighted by molar-refractivity contribution is -0.0771. The third-order valence-electron chi connectivity index (χ3n) is 4.18. The van der Waals surface area contributed by atoms with Crippen LogP contribution in [-0.4, -0.2) is 48.8 Å². The van der Waals surface area contributed by atoms with Crippen molar-refractivity contribution in [2.45, 2.75) is 72.2 Å². The fourth-order valence-electron chi connectivity index (χ4n) is 2.64. The van der Waals surface area contributed by atoms with Crippen molar-refractivity contribution in [2.24, 2.45) is 5.92 Å². The van der Waals surface area contributed by atoms with Crippen molar-refractivity contribution in [3.63, 3.8) is 0 Å². The van der Waals surface area contributed by atoms with Crippen LogP contribution in [0.1, 0.15) is 48.0 Å². The summed E-state index contributed by atoms with van der Waals surface area (Å²) in [4.78, 5) is 2.65. The van der Waals surface area contributed by atoms with Crippen LogP contribution in [0.5, 0.6) is 0 Å². The van der Waals surface area contributed by atoms with Crippen LogP contribution in [0.2, 0.25) is 0 Å². The van der Waals surface area contributed by atoms with E-state index in [1.54, 1.807) is 0 Å². The van der Waals surface area contributed by atoms with E-state index in [1.165, 1.54) is 6.42 Å². The Labute approximate surface area is 113 Å². The highest BCUT2D eigenvalue weighted by molar-refractivity contribution is 4.84. The zero-order valence-corrected chi connectivity index (χ0v) is 13.1. The zero-order valence-electron chi connectivity index (χ0n) is 13.1. The maximum absolute atomic E-state index is 5.78. The van der Waals surface area contributed by atoms with Crippen LogP contribution in [0.15, 0.2) is 0 Å². The van der Waals surface area contributed by atoms with E-state index in [-0.39, 0.29) is 0 Å². The summed E-state index contributed by atoms with van der Waals surface area (Å²) in [6.07, 6.45) is 1.56. The molecule has 0 aromatic carbocycles. The van der Waals surface area contributed by atoms with Crippen molar-refractivity contribution >= 4 is 0 Å². The van der Waals surface area contributed by atoms with Gasteiger partial charge in [-0.15, -0.1) is 0 Å². The van der Waals surface area contributed by atoms with E-state index in [0.717, 1.165) is 19.7 Å². The average Bonchev–Trinajstić information content (AvgIpc) is 2.34. The molecule has 0 aromatic heterocycles. The lowest BCUT2D eigenvalue weighted by Gasteiger charge is -2.44. The molecule has 0 saturated carbocycles. The first-order chi connectivity index (χ1) is 8.45. The normalized spacial score (nSPS) is 29.5. The predicted octanol–water partition coefficient (Wildman–Crippen LogP) is 2.51. The van der Waals surface area contributed by atoms with Crippen LogP contribution in [0.3, 0.4) is 0 Å². The molecule has 1 aliphatic rings. The van der Waals surface area contributed by atoms with Gasteiger partial charge in [0.25, 0.3) is 0 Å². The fraction of sp³-hybridized carbons (Fsp3) is 1.00. The van der Waals surface area contributed by atoms with Gasteiger partial charge in [-0.25, -0.2) is 0 Å². The molecule has 0 aromatic rings. The molecule has 1 rings (SSSR count). The molecular weight excluding hydrogens is 224 g/mol. The van der Waals surface area contributed by atoms with Crippen molar-refractivity contribution in [1.29, 1.82) is 0 Å². The number of ether oxygens (including phenoxy) is 1. The molecule has 3 nitrogen and oxygen atoms in total. The van der Waals surface area contributed by atoms with Crippen molar-refractivity contribution in [2.75, 3.05) is 19.7 Å². The summed E-state index contributed by atoms with van der Waals surface area (Å²) in [5.41, 5.74) is 0. The van der Waals surface area contributed by atoms with Gasteiger partial charge in [-0.05, 0) is 32.7 Å². The van der Waals surface area contributed by atoms with Gasteiger partial charge in [0, 0.05) is 24.7 Å². The highest BCUT2D eigenvalue weighted by Crippen LogP contribution is 2.21. The number of rotatable bonds is 6. The number of hydrogen-bond donors (Lipinski definition) is 1.